The number of hydrogen-bond acceptors (Lipinski definition) is 3. The van der Waals surface area contributed by atoms with Crippen LogP contribution < -0.4 is 5.73 Å². The van der Waals surface area contributed by atoms with E-state index in [1.807, 2.05) is 37.0 Å². The molecular weight excluding hydrogens is 190 g/mol. The van der Waals surface area contributed by atoms with Crippen molar-refractivity contribution in [3.05, 3.63) is 41.1 Å². The van der Waals surface area contributed by atoms with Gasteiger partial charge in [-0.2, -0.15) is 5.10 Å². The average molecular weight is 205 g/mol. The molecule has 4 heteroatoms. The molecule has 15 heavy (non-hydrogen) atoms. The van der Waals surface area contributed by atoms with E-state index in [1.165, 1.54) is 0 Å². The second-order valence-electron chi connectivity index (χ2n) is 3.74. The van der Waals surface area contributed by atoms with Crippen LogP contribution in [0.25, 0.3) is 0 Å². The van der Waals surface area contributed by atoms with E-state index < -0.39 is 0 Å². The zero-order valence-corrected chi connectivity index (χ0v) is 9.03. The summed E-state index contributed by atoms with van der Waals surface area (Å²) in [6.45, 7) is 5.13. The number of aryl methyl sites for hydroxylation is 2. The van der Waals surface area contributed by atoms with Gasteiger partial charge < -0.3 is 10.2 Å². The lowest BCUT2D eigenvalue weighted by atomic mass is 10.2. The Hall–Kier alpha value is -1.55. The third kappa shape index (κ3) is 2.10. The van der Waals surface area contributed by atoms with Gasteiger partial charge in [-0.15, -0.1) is 0 Å². The molecule has 0 fully saturated rings. The Morgan fingerprint density at radius 3 is 2.80 bits per heavy atom. The van der Waals surface area contributed by atoms with Crippen molar-refractivity contribution in [3.63, 3.8) is 0 Å². The molecule has 0 saturated heterocycles. The Balaban J connectivity index is 2.17. The summed E-state index contributed by atoms with van der Waals surface area (Å²) in [7, 11) is 0. The molecule has 0 bridgehead atoms. The highest BCUT2D eigenvalue weighted by Gasteiger charge is 2.06. The minimum atomic E-state index is 0.448. The minimum Gasteiger partial charge on any atom is -0.462 e. The number of nitrogens with two attached hydrogens (primary N) is 1. The minimum absolute atomic E-state index is 0.448. The van der Waals surface area contributed by atoms with E-state index in [-0.39, 0.29) is 0 Å². The van der Waals surface area contributed by atoms with E-state index >= 15 is 0 Å². The molecule has 2 heterocycles. The fraction of sp³-hybridized carbons (Fsp3) is 0.364. The number of furan rings is 1. The molecular formula is C11H15N3O. The van der Waals surface area contributed by atoms with Crippen molar-refractivity contribution in [1.82, 2.24) is 9.78 Å². The number of aromatic nitrogens is 2. The Labute approximate surface area is 88.7 Å². The Morgan fingerprint density at radius 1 is 1.47 bits per heavy atom. The van der Waals surface area contributed by atoms with Crippen LogP contribution in [0.3, 0.4) is 0 Å². The van der Waals surface area contributed by atoms with Crippen molar-refractivity contribution in [1.29, 1.82) is 0 Å². The fourth-order valence-electron chi connectivity index (χ4n) is 1.58. The van der Waals surface area contributed by atoms with Crippen LogP contribution in [0.1, 0.15) is 22.6 Å². The van der Waals surface area contributed by atoms with Crippen LogP contribution in [0.4, 0.5) is 0 Å². The fourth-order valence-corrected chi connectivity index (χ4v) is 1.58. The van der Waals surface area contributed by atoms with E-state index in [0.29, 0.717) is 13.1 Å². The van der Waals surface area contributed by atoms with E-state index in [4.69, 9.17) is 10.2 Å². The Bertz CT molecular complexity index is 456. The summed E-state index contributed by atoms with van der Waals surface area (Å²) in [5.41, 5.74) is 7.80. The largest absolute Gasteiger partial charge is 0.462 e. The topological polar surface area (TPSA) is 57.0 Å². The van der Waals surface area contributed by atoms with Crippen molar-refractivity contribution in [2.45, 2.75) is 26.9 Å². The quantitative estimate of drug-likeness (QED) is 0.828. The van der Waals surface area contributed by atoms with Gasteiger partial charge in [0, 0.05) is 6.20 Å². The maximum Gasteiger partial charge on any atom is 0.126 e. The van der Waals surface area contributed by atoms with Crippen molar-refractivity contribution in [2.75, 3.05) is 0 Å². The van der Waals surface area contributed by atoms with Crippen LogP contribution >= 0.6 is 0 Å². The zero-order valence-electron chi connectivity index (χ0n) is 9.03. The summed E-state index contributed by atoms with van der Waals surface area (Å²) in [4.78, 5) is 0. The van der Waals surface area contributed by atoms with Gasteiger partial charge in [0.25, 0.3) is 0 Å². The summed E-state index contributed by atoms with van der Waals surface area (Å²) >= 11 is 0. The van der Waals surface area contributed by atoms with Crippen LogP contribution in [0.5, 0.6) is 0 Å². The Kier molecular flexibility index (Phi) is 2.60. The summed E-state index contributed by atoms with van der Waals surface area (Å²) < 4.78 is 7.45. The number of hydrogen-bond donors (Lipinski definition) is 1. The molecule has 2 N–H and O–H groups in total. The molecule has 0 radical (unpaired) electrons. The molecule has 0 atom stereocenters. The van der Waals surface area contributed by atoms with Gasteiger partial charge in [-0.25, -0.2) is 0 Å². The Morgan fingerprint density at radius 2 is 2.27 bits per heavy atom. The van der Waals surface area contributed by atoms with Gasteiger partial charge in [0.1, 0.15) is 11.5 Å². The van der Waals surface area contributed by atoms with Gasteiger partial charge in [0.05, 0.1) is 19.3 Å². The van der Waals surface area contributed by atoms with E-state index in [0.717, 1.165) is 22.6 Å². The third-order valence-electron chi connectivity index (χ3n) is 2.34. The van der Waals surface area contributed by atoms with Crippen LogP contribution in [0, 0.1) is 13.8 Å². The first kappa shape index (κ1) is 9.98. The molecule has 4 nitrogen and oxygen atoms in total. The highest BCUT2D eigenvalue weighted by Crippen LogP contribution is 2.14. The summed E-state index contributed by atoms with van der Waals surface area (Å²) in [6, 6.07) is 2.01. The van der Waals surface area contributed by atoms with Gasteiger partial charge in [-0.3, -0.25) is 4.68 Å². The summed E-state index contributed by atoms with van der Waals surface area (Å²) in [6.07, 6.45) is 3.82. The van der Waals surface area contributed by atoms with Crippen molar-refractivity contribution in [3.8, 4) is 0 Å². The lowest BCUT2D eigenvalue weighted by Gasteiger charge is -1.96. The van der Waals surface area contributed by atoms with Crippen molar-refractivity contribution < 1.29 is 4.42 Å². The van der Waals surface area contributed by atoms with Crippen LogP contribution in [-0.2, 0) is 13.1 Å². The van der Waals surface area contributed by atoms with Crippen LogP contribution in [0.15, 0.2) is 22.9 Å². The third-order valence-corrected chi connectivity index (χ3v) is 2.34. The monoisotopic (exact) mass is 205 g/mol. The second-order valence-corrected chi connectivity index (χ2v) is 3.74. The highest BCUT2D eigenvalue weighted by atomic mass is 16.3. The smallest absolute Gasteiger partial charge is 0.126 e. The molecule has 0 aliphatic heterocycles. The summed E-state index contributed by atoms with van der Waals surface area (Å²) in [5.74, 6) is 1.75. The highest BCUT2D eigenvalue weighted by molar-refractivity contribution is 5.20. The van der Waals surface area contributed by atoms with Gasteiger partial charge in [0.2, 0.25) is 0 Å². The molecule has 2 rings (SSSR count). The predicted octanol–water partition coefficient (Wildman–Crippen LogP) is 1.60. The lowest BCUT2D eigenvalue weighted by Crippen LogP contribution is -1.98. The molecule has 0 unspecified atom stereocenters. The first-order chi connectivity index (χ1) is 7.19. The number of rotatable bonds is 3. The van der Waals surface area contributed by atoms with Crippen molar-refractivity contribution in [2.24, 2.45) is 5.73 Å². The van der Waals surface area contributed by atoms with E-state index in [1.54, 1.807) is 0 Å². The van der Waals surface area contributed by atoms with E-state index in [2.05, 4.69) is 5.10 Å². The SMILES string of the molecule is Cc1cnn(Cc2cc(C)c(CN)o2)c1. The zero-order chi connectivity index (χ0) is 10.8. The lowest BCUT2D eigenvalue weighted by molar-refractivity contribution is 0.444. The predicted molar refractivity (Wildman–Crippen MR) is 57.4 cm³/mol. The first-order valence-corrected chi connectivity index (χ1v) is 4.96. The van der Waals surface area contributed by atoms with Crippen molar-refractivity contribution >= 4 is 0 Å². The molecule has 0 aliphatic rings. The molecule has 2 aromatic rings. The molecule has 0 amide bonds. The molecule has 0 aliphatic carbocycles. The molecule has 2 aromatic heterocycles. The normalized spacial score (nSPS) is 10.9. The van der Waals surface area contributed by atoms with Gasteiger partial charge in [0.15, 0.2) is 0 Å². The van der Waals surface area contributed by atoms with Crippen LogP contribution in [-0.4, -0.2) is 9.78 Å². The molecule has 80 valence electrons. The average Bonchev–Trinajstić information content (AvgIpc) is 2.73. The molecule has 0 aromatic carbocycles. The van der Waals surface area contributed by atoms with Gasteiger partial charge >= 0.3 is 0 Å². The molecule has 0 spiro atoms. The maximum absolute atomic E-state index is 5.59. The summed E-state index contributed by atoms with van der Waals surface area (Å²) in [5, 5.41) is 4.20. The van der Waals surface area contributed by atoms with Crippen LogP contribution in [0.2, 0.25) is 0 Å². The van der Waals surface area contributed by atoms with E-state index in [9.17, 15) is 0 Å². The van der Waals surface area contributed by atoms with Gasteiger partial charge in [-0.1, -0.05) is 0 Å². The number of nitrogens with zero attached hydrogens (tertiary/aromatic N) is 2. The van der Waals surface area contributed by atoms with Gasteiger partial charge in [-0.05, 0) is 31.0 Å². The first-order valence-electron chi connectivity index (χ1n) is 4.96. The standard InChI is InChI=1S/C11H15N3O/c1-8-5-13-14(6-8)7-10-3-9(2)11(4-12)15-10/h3,5-6H,4,7,12H2,1-2H3. The molecule has 0 saturated carbocycles. The second kappa shape index (κ2) is 3.90. The maximum atomic E-state index is 5.59.